The van der Waals surface area contributed by atoms with Crippen LogP contribution in [-0.2, 0) is 9.47 Å². The van der Waals surface area contributed by atoms with Crippen LogP contribution in [0.3, 0.4) is 0 Å². The molecule has 1 aliphatic rings. The highest BCUT2D eigenvalue weighted by molar-refractivity contribution is 4.62. The molecule has 0 spiro atoms. The van der Waals surface area contributed by atoms with E-state index in [0.29, 0.717) is 6.04 Å². The lowest BCUT2D eigenvalue weighted by Gasteiger charge is -2.21. The molecule has 1 atom stereocenters. The summed E-state index contributed by atoms with van der Waals surface area (Å²) in [5.41, 5.74) is 5.65. The molecule has 1 rings (SSSR count). The largest absolute Gasteiger partial charge is 0.381 e. The van der Waals surface area contributed by atoms with Crippen LogP contribution < -0.4 is 5.73 Å². The van der Waals surface area contributed by atoms with E-state index in [-0.39, 0.29) is 0 Å². The van der Waals surface area contributed by atoms with Crippen molar-refractivity contribution in [3.8, 4) is 0 Å². The minimum atomic E-state index is 0.307. The highest BCUT2D eigenvalue weighted by Gasteiger charge is 2.13. The minimum Gasteiger partial charge on any atom is -0.381 e. The second kappa shape index (κ2) is 7.21. The van der Waals surface area contributed by atoms with Crippen molar-refractivity contribution in [2.45, 2.75) is 38.6 Å². The number of hydrogen-bond donors (Lipinski definition) is 1. The first-order valence-corrected chi connectivity index (χ1v) is 5.70. The Hall–Kier alpha value is -0.120. The van der Waals surface area contributed by atoms with Gasteiger partial charge in [0, 0.05) is 32.5 Å². The van der Waals surface area contributed by atoms with Crippen molar-refractivity contribution in [1.29, 1.82) is 0 Å². The lowest BCUT2D eigenvalue weighted by atomic mass is 10.0. The Balaban J connectivity index is 1.87. The molecule has 1 heterocycles. The molecule has 0 aliphatic carbocycles. The zero-order valence-electron chi connectivity index (χ0n) is 9.21. The van der Waals surface area contributed by atoms with Crippen molar-refractivity contribution in [2.24, 2.45) is 11.7 Å². The summed E-state index contributed by atoms with van der Waals surface area (Å²) in [5, 5.41) is 0. The predicted molar refractivity (Wildman–Crippen MR) is 57.2 cm³/mol. The van der Waals surface area contributed by atoms with Crippen LogP contribution in [0.5, 0.6) is 0 Å². The highest BCUT2D eigenvalue weighted by atomic mass is 16.5. The van der Waals surface area contributed by atoms with E-state index in [9.17, 15) is 0 Å². The summed E-state index contributed by atoms with van der Waals surface area (Å²) in [6.07, 6.45) is 4.47. The Bertz CT molecular complexity index is 133. The van der Waals surface area contributed by atoms with E-state index >= 15 is 0 Å². The molecule has 1 fully saturated rings. The first-order valence-electron chi connectivity index (χ1n) is 5.70. The fourth-order valence-corrected chi connectivity index (χ4v) is 1.67. The summed E-state index contributed by atoms with van der Waals surface area (Å²) < 4.78 is 10.9. The molecule has 1 aliphatic heterocycles. The fraction of sp³-hybridized carbons (Fsp3) is 1.00. The highest BCUT2D eigenvalue weighted by Crippen LogP contribution is 2.14. The second-order valence-corrected chi connectivity index (χ2v) is 4.25. The van der Waals surface area contributed by atoms with E-state index in [0.717, 1.165) is 58.0 Å². The SMILES string of the molecule is CC(N)CCCOCC1CCOCC1. The van der Waals surface area contributed by atoms with Crippen LogP contribution in [-0.4, -0.2) is 32.5 Å². The van der Waals surface area contributed by atoms with E-state index in [2.05, 4.69) is 0 Å². The molecule has 0 amide bonds. The lowest BCUT2D eigenvalue weighted by molar-refractivity contribution is 0.0197. The van der Waals surface area contributed by atoms with Gasteiger partial charge in [0.1, 0.15) is 0 Å². The molecule has 1 unspecified atom stereocenters. The summed E-state index contributed by atoms with van der Waals surface area (Å²) in [4.78, 5) is 0. The van der Waals surface area contributed by atoms with Crippen molar-refractivity contribution in [3.63, 3.8) is 0 Å². The topological polar surface area (TPSA) is 44.5 Å². The molecule has 0 aromatic carbocycles. The molecule has 0 aromatic heterocycles. The molecule has 84 valence electrons. The smallest absolute Gasteiger partial charge is 0.0495 e. The Morgan fingerprint density at radius 1 is 1.43 bits per heavy atom. The monoisotopic (exact) mass is 201 g/mol. The van der Waals surface area contributed by atoms with Crippen LogP contribution in [0, 0.1) is 5.92 Å². The van der Waals surface area contributed by atoms with Crippen LogP contribution in [0.1, 0.15) is 32.6 Å². The molecule has 0 aromatic rings. The Labute approximate surface area is 86.9 Å². The van der Waals surface area contributed by atoms with Gasteiger partial charge in [0.05, 0.1) is 0 Å². The van der Waals surface area contributed by atoms with Crippen molar-refractivity contribution in [1.82, 2.24) is 0 Å². The van der Waals surface area contributed by atoms with Gasteiger partial charge in [-0.1, -0.05) is 0 Å². The summed E-state index contributed by atoms with van der Waals surface area (Å²) in [6, 6.07) is 0.307. The fourth-order valence-electron chi connectivity index (χ4n) is 1.67. The van der Waals surface area contributed by atoms with Gasteiger partial charge in [-0.25, -0.2) is 0 Å². The maximum Gasteiger partial charge on any atom is 0.0495 e. The van der Waals surface area contributed by atoms with Crippen LogP contribution in [0.4, 0.5) is 0 Å². The van der Waals surface area contributed by atoms with Crippen molar-refractivity contribution < 1.29 is 9.47 Å². The van der Waals surface area contributed by atoms with Gasteiger partial charge in [-0.2, -0.15) is 0 Å². The van der Waals surface area contributed by atoms with Crippen molar-refractivity contribution >= 4 is 0 Å². The standard InChI is InChI=1S/C11H23NO2/c1-10(12)3-2-6-14-9-11-4-7-13-8-5-11/h10-11H,2-9,12H2,1H3. The van der Waals surface area contributed by atoms with Crippen molar-refractivity contribution in [3.05, 3.63) is 0 Å². The Morgan fingerprint density at radius 3 is 2.79 bits per heavy atom. The van der Waals surface area contributed by atoms with E-state index in [1.54, 1.807) is 0 Å². The zero-order chi connectivity index (χ0) is 10.2. The van der Waals surface area contributed by atoms with Gasteiger partial charge in [-0.05, 0) is 38.5 Å². The van der Waals surface area contributed by atoms with E-state index in [4.69, 9.17) is 15.2 Å². The van der Waals surface area contributed by atoms with Gasteiger partial charge in [0.25, 0.3) is 0 Å². The average Bonchev–Trinajstić information content (AvgIpc) is 2.18. The Morgan fingerprint density at radius 2 is 2.14 bits per heavy atom. The van der Waals surface area contributed by atoms with Crippen LogP contribution in [0.2, 0.25) is 0 Å². The Kier molecular flexibility index (Phi) is 6.15. The van der Waals surface area contributed by atoms with E-state index in [1.807, 2.05) is 6.92 Å². The molecule has 3 nitrogen and oxygen atoms in total. The molecule has 0 saturated carbocycles. The summed E-state index contributed by atoms with van der Waals surface area (Å²) in [5.74, 6) is 0.721. The molecule has 0 bridgehead atoms. The maximum atomic E-state index is 5.65. The molecular weight excluding hydrogens is 178 g/mol. The van der Waals surface area contributed by atoms with E-state index < -0.39 is 0 Å². The van der Waals surface area contributed by atoms with Gasteiger partial charge in [-0.15, -0.1) is 0 Å². The summed E-state index contributed by atoms with van der Waals surface area (Å²) in [7, 11) is 0. The van der Waals surface area contributed by atoms with Gasteiger partial charge in [0.2, 0.25) is 0 Å². The van der Waals surface area contributed by atoms with Gasteiger partial charge < -0.3 is 15.2 Å². The zero-order valence-corrected chi connectivity index (χ0v) is 9.21. The first-order chi connectivity index (χ1) is 6.79. The number of hydrogen-bond acceptors (Lipinski definition) is 3. The van der Waals surface area contributed by atoms with Gasteiger partial charge >= 0.3 is 0 Å². The van der Waals surface area contributed by atoms with Crippen LogP contribution in [0.25, 0.3) is 0 Å². The molecule has 3 heteroatoms. The molecule has 14 heavy (non-hydrogen) atoms. The van der Waals surface area contributed by atoms with Crippen LogP contribution >= 0.6 is 0 Å². The molecule has 2 N–H and O–H groups in total. The van der Waals surface area contributed by atoms with Gasteiger partial charge in [-0.3, -0.25) is 0 Å². The summed E-state index contributed by atoms with van der Waals surface area (Å²) in [6.45, 7) is 5.63. The third kappa shape index (κ3) is 5.58. The number of rotatable bonds is 6. The minimum absolute atomic E-state index is 0.307. The normalized spacial score (nSPS) is 21.0. The van der Waals surface area contributed by atoms with Gasteiger partial charge in [0.15, 0.2) is 0 Å². The van der Waals surface area contributed by atoms with Crippen molar-refractivity contribution in [2.75, 3.05) is 26.4 Å². The van der Waals surface area contributed by atoms with Crippen LogP contribution in [0.15, 0.2) is 0 Å². The third-order valence-corrected chi connectivity index (χ3v) is 2.64. The third-order valence-electron chi connectivity index (χ3n) is 2.64. The lowest BCUT2D eigenvalue weighted by Crippen LogP contribution is -2.21. The molecule has 1 saturated heterocycles. The second-order valence-electron chi connectivity index (χ2n) is 4.25. The molecular formula is C11H23NO2. The summed E-state index contributed by atoms with van der Waals surface area (Å²) >= 11 is 0. The maximum absolute atomic E-state index is 5.65. The van der Waals surface area contributed by atoms with E-state index in [1.165, 1.54) is 0 Å². The number of ether oxygens (including phenoxy) is 2. The quantitative estimate of drug-likeness (QED) is 0.663. The number of nitrogens with two attached hydrogens (primary N) is 1. The average molecular weight is 201 g/mol. The molecule has 0 radical (unpaired) electrons. The first kappa shape index (κ1) is 12.0. The predicted octanol–water partition coefficient (Wildman–Crippen LogP) is 1.56.